The van der Waals surface area contributed by atoms with Crippen LogP contribution in [0.25, 0.3) is 0 Å². The van der Waals surface area contributed by atoms with Crippen LogP contribution in [0.1, 0.15) is 10.4 Å². The first-order valence-corrected chi connectivity index (χ1v) is 6.32. The third kappa shape index (κ3) is 1.96. The van der Waals surface area contributed by atoms with Crippen molar-refractivity contribution in [3.05, 3.63) is 29.8 Å². The van der Waals surface area contributed by atoms with E-state index >= 15 is 0 Å². The van der Waals surface area contributed by atoms with Crippen LogP contribution in [0.3, 0.4) is 0 Å². The van der Waals surface area contributed by atoms with Gasteiger partial charge < -0.3 is 9.84 Å². The van der Waals surface area contributed by atoms with Crippen molar-refractivity contribution < 1.29 is 19.4 Å². The Morgan fingerprint density at radius 2 is 1.88 bits per heavy atom. The minimum absolute atomic E-state index is 0.0363. The molecule has 0 bridgehead atoms. The lowest BCUT2D eigenvalue weighted by molar-refractivity contribution is -0.168. The summed E-state index contributed by atoms with van der Waals surface area (Å²) in [4.78, 5) is 24.3. The van der Waals surface area contributed by atoms with E-state index in [-0.39, 0.29) is 19.0 Å². The van der Waals surface area contributed by atoms with Gasteiger partial charge in [0.15, 0.2) is 11.2 Å². The van der Waals surface area contributed by atoms with Crippen LogP contribution in [0.2, 0.25) is 0 Å². The summed E-state index contributed by atoms with van der Waals surface area (Å²) in [5.41, 5.74) is -0.950. The number of carboxylic acid groups (broad SMARTS) is 1. The summed E-state index contributed by atoms with van der Waals surface area (Å²) in [6.07, 6.45) is 1.94. The minimum Gasteiger partial charge on any atom is -0.480 e. The van der Waals surface area contributed by atoms with Gasteiger partial charge in [0.2, 0.25) is 0 Å². The molecular formula is C12H12O4S. The number of carbonyl (C=O) groups excluding carboxylic acids is 1. The van der Waals surface area contributed by atoms with E-state index in [0.29, 0.717) is 5.56 Å². The third-order valence-corrected chi connectivity index (χ3v) is 3.64. The molecule has 1 aliphatic rings. The highest BCUT2D eigenvalue weighted by atomic mass is 32.2. The second-order valence-electron chi connectivity index (χ2n) is 3.94. The normalized spacial score (nSPS) is 17.2. The van der Waals surface area contributed by atoms with Crippen LogP contribution >= 0.6 is 11.8 Å². The molecule has 0 aromatic heterocycles. The van der Waals surface area contributed by atoms with Gasteiger partial charge in [-0.1, -0.05) is 12.1 Å². The molecule has 1 fully saturated rings. The monoisotopic (exact) mass is 252 g/mol. The van der Waals surface area contributed by atoms with Crippen molar-refractivity contribution in [2.24, 2.45) is 5.41 Å². The third-order valence-electron chi connectivity index (χ3n) is 2.89. The molecular weight excluding hydrogens is 240 g/mol. The number of carbonyl (C=O) groups is 2. The molecule has 0 saturated carbocycles. The Bertz CT molecular complexity index is 448. The summed E-state index contributed by atoms with van der Waals surface area (Å²) < 4.78 is 4.88. The molecule has 1 heterocycles. The van der Waals surface area contributed by atoms with E-state index < -0.39 is 11.4 Å². The Labute approximate surface area is 103 Å². The van der Waals surface area contributed by atoms with Crippen LogP contribution in [0.15, 0.2) is 29.2 Å². The maximum atomic E-state index is 12.1. The van der Waals surface area contributed by atoms with Crippen molar-refractivity contribution in [2.45, 2.75) is 4.90 Å². The molecule has 0 radical (unpaired) electrons. The molecule has 0 unspecified atom stereocenters. The fraction of sp³-hybridized carbons (Fsp3) is 0.333. The van der Waals surface area contributed by atoms with Gasteiger partial charge in [0.1, 0.15) is 0 Å². The predicted octanol–water partition coefficient (Wildman–Crippen LogP) is 1.69. The standard InChI is InChI=1S/C12H12O4S/c1-17-9-4-2-8(3-5-9)10(13)12(11(14)15)6-16-7-12/h2-5H,6-7H2,1H3,(H,14,15). The number of thioether (sulfide) groups is 1. The highest BCUT2D eigenvalue weighted by Gasteiger charge is 2.53. The zero-order valence-corrected chi connectivity index (χ0v) is 10.1. The Morgan fingerprint density at radius 1 is 1.29 bits per heavy atom. The number of hydrogen-bond acceptors (Lipinski definition) is 4. The second-order valence-corrected chi connectivity index (χ2v) is 4.82. The summed E-state index contributed by atoms with van der Waals surface area (Å²) in [6, 6.07) is 6.95. The number of carboxylic acids is 1. The van der Waals surface area contributed by atoms with E-state index in [1.165, 1.54) is 0 Å². The first kappa shape index (κ1) is 12.1. The molecule has 1 N–H and O–H groups in total. The summed E-state index contributed by atoms with van der Waals surface area (Å²) in [5, 5.41) is 9.11. The first-order chi connectivity index (χ1) is 8.10. The van der Waals surface area contributed by atoms with E-state index in [2.05, 4.69) is 0 Å². The number of benzene rings is 1. The smallest absolute Gasteiger partial charge is 0.322 e. The lowest BCUT2D eigenvalue weighted by atomic mass is 9.78. The molecule has 0 spiro atoms. The number of ketones is 1. The van der Waals surface area contributed by atoms with Gasteiger partial charge in [-0.05, 0) is 18.4 Å². The van der Waals surface area contributed by atoms with Crippen LogP contribution in [0.5, 0.6) is 0 Å². The predicted molar refractivity (Wildman–Crippen MR) is 63.4 cm³/mol. The minimum atomic E-state index is -1.37. The molecule has 1 aromatic carbocycles. The number of hydrogen-bond donors (Lipinski definition) is 1. The molecule has 1 aliphatic heterocycles. The van der Waals surface area contributed by atoms with Crippen molar-refractivity contribution in [1.82, 2.24) is 0 Å². The van der Waals surface area contributed by atoms with Gasteiger partial charge in [-0.2, -0.15) is 0 Å². The SMILES string of the molecule is CSc1ccc(C(=O)C2(C(=O)O)COC2)cc1. The highest BCUT2D eigenvalue weighted by Crippen LogP contribution is 2.32. The first-order valence-electron chi connectivity index (χ1n) is 5.10. The van der Waals surface area contributed by atoms with E-state index in [4.69, 9.17) is 9.84 Å². The molecule has 17 heavy (non-hydrogen) atoms. The van der Waals surface area contributed by atoms with Crippen LogP contribution in [-0.2, 0) is 9.53 Å². The Hall–Kier alpha value is -1.33. The lowest BCUT2D eigenvalue weighted by Gasteiger charge is -2.35. The molecule has 1 saturated heterocycles. The molecule has 5 heteroatoms. The van der Waals surface area contributed by atoms with Crippen molar-refractivity contribution in [2.75, 3.05) is 19.5 Å². The average molecular weight is 252 g/mol. The van der Waals surface area contributed by atoms with Crippen molar-refractivity contribution in [3.8, 4) is 0 Å². The Morgan fingerprint density at radius 3 is 2.24 bits per heavy atom. The maximum Gasteiger partial charge on any atom is 0.322 e. The summed E-state index contributed by atoms with van der Waals surface area (Å²) in [5.74, 6) is -1.48. The fourth-order valence-corrected chi connectivity index (χ4v) is 2.08. The van der Waals surface area contributed by atoms with Gasteiger partial charge in [-0.25, -0.2) is 0 Å². The van der Waals surface area contributed by atoms with E-state index in [0.717, 1.165) is 4.90 Å². The van der Waals surface area contributed by atoms with Crippen molar-refractivity contribution >= 4 is 23.5 Å². The number of aliphatic carboxylic acids is 1. The van der Waals surface area contributed by atoms with Gasteiger partial charge in [-0.15, -0.1) is 11.8 Å². The topological polar surface area (TPSA) is 63.6 Å². The number of rotatable bonds is 4. The van der Waals surface area contributed by atoms with E-state index in [1.54, 1.807) is 23.9 Å². The number of ether oxygens (including phenoxy) is 1. The number of Topliss-reactive ketones (excluding diaryl/α,β-unsaturated/α-hetero) is 1. The molecule has 1 aromatic rings. The molecule has 4 nitrogen and oxygen atoms in total. The van der Waals surface area contributed by atoms with Crippen molar-refractivity contribution in [1.29, 1.82) is 0 Å². The van der Waals surface area contributed by atoms with Crippen LogP contribution < -0.4 is 0 Å². The zero-order chi connectivity index (χ0) is 12.5. The van der Waals surface area contributed by atoms with Crippen LogP contribution in [0.4, 0.5) is 0 Å². The van der Waals surface area contributed by atoms with E-state index in [1.807, 2.05) is 18.4 Å². The Balaban J connectivity index is 2.27. The van der Waals surface area contributed by atoms with Gasteiger partial charge in [0.05, 0.1) is 13.2 Å². The molecule has 0 aliphatic carbocycles. The van der Waals surface area contributed by atoms with E-state index in [9.17, 15) is 9.59 Å². The fourth-order valence-electron chi connectivity index (χ4n) is 1.68. The van der Waals surface area contributed by atoms with Crippen LogP contribution in [0, 0.1) is 5.41 Å². The Kier molecular flexibility index (Phi) is 3.22. The van der Waals surface area contributed by atoms with Gasteiger partial charge in [0.25, 0.3) is 0 Å². The van der Waals surface area contributed by atoms with Gasteiger partial charge in [0, 0.05) is 10.5 Å². The van der Waals surface area contributed by atoms with Gasteiger partial charge in [-0.3, -0.25) is 9.59 Å². The summed E-state index contributed by atoms with van der Waals surface area (Å²) >= 11 is 1.57. The van der Waals surface area contributed by atoms with Crippen LogP contribution in [-0.4, -0.2) is 36.3 Å². The van der Waals surface area contributed by atoms with Crippen molar-refractivity contribution in [3.63, 3.8) is 0 Å². The summed E-state index contributed by atoms with van der Waals surface area (Å²) in [6.45, 7) is -0.0725. The average Bonchev–Trinajstić information content (AvgIpc) is 2.27. The van der Waals surface area contributed by atoms with Gasteiger partial charge >= 0.3 is 5.97 Å². The quantitative estimate of drug-likeness (QED) is 0.502. The largest absolute Gasteiger partial charge is 0.480 e. The summed E-state index contributed by atoms with van der Waals surface area (Å²) in [7, 11) is 0. The molecule has 90 valence electrons. The lowest BCUT2D eigenvalue weighted by Crippen LogP contribution is -2.54. The zero-order valence-electron chi connectivity index (χ0n) is 9.30. The molecule has 0 amide bonds. The second kappa shape index (κ2) is 4.50. The highest BCUT2D eigenvalue weighted by molar-refractivity contribution is 7.98. The maximum absolute atomic E-state index is 12.1. The molecule has 2 rings (SSSR count). The molecule has 0 atom stereocenters.